The maximum Gasteiger partial charge on any atom is 0.152 e. The van der Waals surface area contributed by atoms with Crippen LogP contribution in [0.15, 0.2) is 30.3 Å². The van der Waals surface area contributed by atoms with Crippen LogP contribution in [-0.2, 0) is 14.6 Å². The fourth-order valence-electron chi connectivity index (χ4n) is 1.53. The number of nitrogens with one attached hydrogen (secondary N) is 1. The fourth-order valence-corrected chi connectivity index (χ4v) is 2.89. The molecule has 1 N–H and O–H groups in total. The minimum Gasteiger partial charge on any atom is -0.378 e. The van der Waals surface area contributed by atoms with Gasteiger partial charge in [0.25, 0.3) is 0 Å². The minimum atomic E-state index is -3.06. The molecule has 0 heterocycles. The third kappa shape index (κ3) is 5.82. The Morgan fingerprint density at radius 3 is 2.44 bits per heavy atom. The van der Waals surface area contributed by atoms with Crippen molar-refractivity contribution in [3.05, 3.63) is 30.3 Å². The smallest absolute Gasteiger partial charge is 0.152 e. The number of para-hydroxylation sites is 1. The second kappa shape index (κ2) is 7.16. The number of ketones is 1. The number of benzene rings is 1. The average Bonchev–Trinajstić information content (AvgIpc) is 2.35. The highest BCUT2D eigenvalue weighted by atomic mass is 32.2. The molecule has 100 valence electrons. The van der Waals surface area contributed by atoms with Gasteiger partial charge in [0.1, 0.15) is 0 Å². The van der Waals surface area contributed by atoms with Crippen LogP contribution in [0, 0.1) is 0 Å². The summed E-state index contributed by atoms with van der Waals surface area (Å²) in [7, 11) is -3.06. The van der Waals surface area contributed by atoms with Crippen molar-refractivity contribution in [3.63, 3.8) is 0 Å². The van der Waals surface area contributed by atoms with E-state index in [0.717, 1.165) is 5.69 Å². The van der Waals surface area contributed by atoms with Gasteiger partial charge in [0.15, 0.2) is 15.6 Å². The Balaban J connectivity index is 2.31. The fraction of sp³-hybridized carbons (Fsp3) is 0.462. The molecular weight excluding hydrogens is 250 g/mol. The van der Waals surface area contributed by atoms with Gasteiger partial charge in [0.05, 0.1) is 12.3 Å². The molecule has 5 heteroatoms. The van der Waals surface area contributed by atoms with Crippen molar-refractivity contribution in [1.82, 2.24) is 0 Å². The van der Waals surface area contributed by atoms with E-state index in [1.54, 1.807) is 0 Å². The number of sulfone groups is 1. The molecule has 0 fully saturated rings. The third-order valence-corrected chi connectivity index (χ3v) is 4.33. The molecule has 0 amide bonds. The van der Waals surface area contributed by atoms with Gasteiger partial charge in [-0.15, -0.1) is 0 Å². The quantitative estimate of drug-likeness (QED) is 0.782. The molecule has 0 aliphatic rings. The molecule has 0 spiro atoms. The van der Waals surface area contributed by atoms with Crippen molar-refractivity contribution in [2.45, 2.75) is 19.8 Å². The normalized spacial score (nSPS) is 11.2. The number of hydrogen-bond acceptors (Lipinski definition) is 4. The van der Waals surface area contributed by atoms with Crippen LogP contribution in [0.2, 0.25) is 0 Å². The molecule has 0 saturated heterocycles. The second-order valence-corrected chi connectivity index (χ2v) is 6.46. The van der Waals surface area contributed by atoms with E-state index in [1.807, 2.05) is 37.3 Å². The average molecular weight is 269 g/mol. The topological polar surface area (TPSA) is 63.2 Å². The lowest BCUT2D eigenvalue weighted by Gasteiger charge is -2.05. The molecule has 4 nitrogen and oxygen atoms in total. The van der Waals surface area contributed by atoms with E-state index in [2.05, 4.69) is 5.32 Å². The van der Waals surface area contributed by atoms with Gasteiger partial charge in [-0.2, -0.15) is 0 Å². The Bertz CT molecular complexity index is 468. The largest absolute Gasteiger partial charge is 0.378 e. The van der Waals surface area contributed by atoms with Crippen molar-refractivity contribution in [2.75, 3.05) is 23.4 Å². The first-order chi connectivity index (χ1) is 8.53. The summed E-state index contributed by atoms with van der Waals surface area (Å²) in [6.07, 6.45) is 0.682. The predicted octanol–water partition coefficient (Wildman–Crippen LogP) is 1.88. The number of hydrogen-bond donors (Lipinski definition) is 1. The Hall–Kier alpha value is -1.36. The zero-order valence-corrected chi connectivity index (χ0v) is 11.4. The summed E-state index contributed by atoms with van der Waals surface area (Å²) < 4.78 is 22.9. The highest BCUT2D eigenvalue weighted by molar-refractivity contribution is 7.91. The highest BCUT2D eigenvalue weighted by Crippen LogP contribution is 2.04. The van der Waals surface area contributed by atoms with Crippen LogP contribution in [0.5, 0.6) is 0 Å². The minimum absolute atomic E-state index is 0.0455. The number of rotatable bonds is 8. The number of carbonyl (C=O) groups is 1. The maximum atomic E-state index is 11.5. The van der Waals surface area contributed by atoms with E-state index >= 15 is 0 Å². The summed E-state index contributed by atoms with van der Waals surface area (Å²) in [4.78, 5) is 11.5. The molecule has 0 aliphatic heterocycles. The molecule has 1 aromatic rings. The standard InChI is InChI=1S/C13H19NO3S/c1-2-9-18(16,17)10-8-13(15)11-14-12-6-4-3-5-7-12/h3-7,14H,2,8-11H2,1H3. The third-order valence-electron chi connectivity index (χ3n) is 2.47. The van der Waals surface area contributed by atoms with Crippen molar-refractivity contribution < 1.29 is 13.2 Å². The lowest BCUT2D eigenvalue weighted by molar-refractivity contribution is -0.117. The SMILES string of the molecule is CCCS(=O)(=O)CCC(=O)CNc1ccccc1. The highest BCUT2D eigenvalue weighted by Gasteiger charge is 2.12. The van der Waals surface area contributed by atoms with Gasteiger partial charge in [-0.25, -0.2) is 8.42 Å². The van der Waals surface area contributed by atoms with Crippen LogP contribution < -0.4 is 5.32 Å². The van der Waals surface area contributed by atoms with E-state index in [9.17, 15) is 13.2 Å². The van der Waals surface area contributed by atoms with Crippen LogP contribution in [0.1, 0.15) is 19.8 Å². The molecule has 0 atom stereocenters. The van der Waals surface area contributed by atoms with Gasteiger partial charge in [0, 0.05) is 17.9 Å². The molecule has 0 bridgehead atoms. The number of carbonyl (C=O) groups excluding carboxylic acids is 1. The molecule has 1 aromatic carbocycles. The molecule has 0 saturated carbocycles. The van der Waals surface area contributed by atoms with E-state index < -0.39 is 9.84 Å². The maximum absolute atomic E-state index is 11.5. The van der Waals surface area contributed by atoms with E-state index in [0.29, 0.717) is 6.42 Å². The summed E-state index contributed by atoms with van der Waals surface area (Å²) >= 11 is 0. The Morgan fingerprint density at radius 1 is 1.17 bits per heavy atom. The molecule has 0 unspecified atom stereocenters. The zero-order valence-electron chi connectivity index (χ0n) is 10.6. The first-order valence-electron chi connectivity index (χ1n) is 6.04. The van der Waals surface area contributed by atoms with Gasteiger partial charge >= 0.3 is 0 Å². The lowest BCUT2D eigenvalue weighted by atomic mass is 10.3. The van der Waals surface area contributed by atoms with Crippen LogP contribution in [0.4, 0.5) is 5.69 Å². The summed E-state index contributed by atoms with van der Waals surface area (Å²) in [5, 5.41) is 2.97. The lowest BCUT2D eigenvalue weighted by Crippen LogP contribution is -2.19. The van der Waals surface area contributed by atoms with E-state index in [4.69, 9.17) is 0 Å². The summed E-state index contributed by atoms with van der Waals surface area (Å²) in [6.45, 7) is 1.99. The van der Waals surface area contributed by atoms with Crippen molar-refractivity contribution in [3.8, 4) is 0 Å². The summed E-state index contributed by atoms with van der Waals surface area (Å²) in [6, 6.07) is 9.36. The summed E-state index contributed by atoms with van der Waals surface area (Å²) in [5.74, 6) is 0.0289. The number of Topliss-reactive ketones (excluding diaryl/α,β-unsaturated/α-hetero) is 1. The number of anilines is 1. The zero-order chi connectivity index (χ0) is 13.4. The van der Waals surface area contributed by atoms with E-state index in [1.165, 1.54) is 0 Å². The van der Waals surface area contributed by atoms with Crippen molar-refractivity contribution in [2.24, 2.45) is 0 Å². The molecule has 1 rings (SSSR count). The molecule has 0 radical (unpaired) electrons. The predicted molar refractivity (Wildman–Crippen MR) is 73.5 cm³/mol. The van der Waals surface area contributed by atoms with Crippen LogP contribution >= 0.6 is 0 Å². The van der Waals surface area contributed by atoms with Gasteiger partial charge < -0.3 is 5.32 Å². The monoisotopic (exact) mass is 269 g/mol. The Labute approximate surface area is 108 Å². The molecular formula is C13H19NO3S. The van der Waals surface area contributed by atoms with Crippen molar-refractivity contribution >= 4 is 21.3 Å². The second-order valence-electron chi connectivity index (χ2n) is 4.16. The molecule has 0 aliphatic carbocycles. The van der Waals surface area contributed by atoms with Crippen LogP contribution in [-0.4, -0.2) is 32.3 Å². The van der Waals surface area contributed by atoms with Gasteiger partial charge in [0.2, 0.25) is 0 Å². The molecule has 18 heavy (non-hydrogen) atoms. The Kier molecular flexibility index (Phi) is 5.85. The van der Waals surface area contributed by atoms with Gasteiger partial charge in [-0.05, 0) is 18.6 Å². The molecule has 0 aromatic heterocycles. The van der Waals surface area contributed by atoms with E-state index in [-0.39, 0.29) is 30.3 Å². The van der Waals surface area contributed by atoms with Crippen molar-refractivity contribution in [1.29, 1.82) is 0 Å². The first-order valence-corrected chi connectivity index (χ1v) is 7.86. The summed E-state index contributed by atoms with van der Waals surface area (Å²) in [5.41, 5.74) is 0.863. The first kappa shape index (κ1) is 14.7. The van der Waals surface area contributed by atoms with Gasteiger partial charge in [-0.3, -0.25) is 4.79 Å². The van der Waals surface area contributed by atoms with Crippen LogP contribution in [0.25, 0.3) is 0 Å². The Morgan fingerprint density at radius 2 is 1.83 bits per heavy atom. The van der Waals surface area contributed by atoms with Crippen LogP contribution in [0.3, 0.4) is 0 Å². The van der Waals surface area contributed by atoms with Gasteiger partial charge in [-0.1, -0.05) is 25.1 Å².